The third kappa shape index (κ3) is 5.41. The predicted molar refractivity (Wildman–Crippen MR) is 153 cm³/mol. The molecule has 4 aromatic rings. The van der Waals surface area contributed by atoms with E-state index in [1.54, 1.807) is 0 Å². The van der Waals surface area contributed by atoms with E-state index in [1.807, 2.05) is 18.3 Å². The lowest BCUT2D eigenvalue weighted by molar-refractivity contribution is 0.300. The van der Waals surface area contributed by atoms with Crippen molar-refractivity contribution in [3.8, 4) is 5.75 Å². The molecule has 2 fully saturated rings. The second-order valence-electron chi connectivity index (χ2n) is 9.97. The van der Waals surface area contributed by atoms with E-state index in [1.165, 1.54) is 31.2 Å². The molecule has 0 bridgehead atoms. The first kappa shape index (κ1) is 24.2. The van der Waals surface area contributed by atoms with Crippen LogP contribution in [0.1, 0.15) is 36.8 Å². The van der Waals surface area contributed by atoms with Gasteiger partial charge in [0, 0.05) is 48.8 Å². The van der Waals surface area contributed by atoms with Gasteiger partial charge in [-0.1, -0.05) is 35.9 Å². The Kier molecular flexibility index (Phi) is 7.06. The lowest BCUT2D eigenvalue weighted by Crippen LogP contribution is -2.25. The topological polar surface area (TPSA) is 83.7 Å². The van der Waals surface area contributed by atoms with Crippen LogP contribution in [-0.2, 0) is 6.54 Å². The Morgan fingerprint density at radius 2 is 1.53 bits per heavy atom. The lowest BCUT2D eigenvalue weighted by Gasteiger charge is -2.20. The number of rotatable bonds is 9. The van der Waals surface area contributed by atoms with Crippen LogP contribution in [0.25, 0.3) is 10.9 Å². The fourth-order valence-electron chi connectivity index (χ4n) is 5.14. The number of hydrogen-bond donors (Lipinski definition) is 1. The normalized spacial score (nSPS) is 15.7. The fraction of sp³-hybridized carbons (Fsp3) is 0.379. The minimum atomic E-state index is 0.482. The number of aryl methyl sites for hydroxylation is 1. The summed E-state index contributed by atoms with van der Waals surface area (Å²) in [4.78, 5) is 18.6. The van der Waals surface area contributed by atoms with Crippen LogP contribution in [0.2, 0.25) is 0 Å². The molecule has 9 nitrogen and oxygen atoms in total. The molecular formula is C29H34N8O. The summed E-state index contributed by atoms with van der Waals surface area (Å²) in [5.74, 6) is 2.84. The smallest absolute Gasteiger partial charge is 0.250 e. The van der Waals surface area contributed by atoms with E-state index in [-0.39, 0.29) is 0 Å². The average Bonchev–Trinajstić information content (AvgIpc) is 3.72. The molecule has 0 aliphatic carbocycles. The molecule has 6 rings (SSSR count). The first-order chi connectivity index (χ1) is 18.7. The van der Waals surface area contributed by atoms with E-state index < -0.39 is 0 Å². The summed E-state index contributed by atoms with van der Waals surface area (Å²) in [6, 6.07) is 16.5. The SMILES string of the molecule is Cc1ccc(OCCn2cc(/C=N\Nc3nc(N4CCCC4)nc(N4CCCC4)n3)c3ccccc32)cc1. The van der Waals surface area contributed by atoms with Crippen LogP contribution in [0.4, 0.5) is 17.8 Å². The maximum atomic E-state index is 5.97. The van der Waals surface area contributed by atoms with Gasteiger partial charge in [-0.05, 0) is 50.8 Å². The maximum Gasteiger partial charge on any atom is 0.250 e. The van der Waals surface area contributed by atoms with Gasteiger partial charge in [-0.2, -0.15) is 20.1 Å². The molecular weight excluding hydrogens is 476 g/mol. The second kappa shape index (κ2) is 11.1. The molecule has 38 heavy (non-hydrogen) atoms. The van der Waals surface area contributed by atoms with Crippen LogP contribution in [-0.4, -0.2) is 58.5 Å². The standard InChI is InChI=1S/C29H34N8O/c1-22-10-12-24(13-11-22)38-19-18-37-21-23(25-8-2-3-9-26(25)37)20-30-34-27-31-28(35-14-4-5-15-35)33-29(32-27)36-16-6-7-17-36/h2-3,8-13,20-21H,4-7,14-19H2,1H3,(H,31,32,33,34)/b30-20-. The van der Waals surface area contributed by atoms with Gasteiger partial charge >= 0.3 is 0 Å². The Morgan fingerprint density at radius 1 is 0.868 bits per heavy atom. The van der Waals surface area contributed by atoms with Gasteiger partial charge < -0.3 is 19.1 Å². The monoisotopic (exact) mass is 510 g/mol. The number of fused-ring (bicyclic) bond motifs is 1. The number of anilines is 3. The number of hydrazone groups is 1. The first-order valence-corrected chi connectivity index (χ1v) is 13.6. The molecule has 2 aliphatic heterocycles. The van der Waals surface area contributed by atoms with Gasteiger partial charge in [0.25, 0.3) is 0 Å². The van der Waals surface area contributed by atoms with Gasteiger partial charge in [-0.3, -0.25) is 0 Å². The Balaban J connectivity index is 1.18. The van der Waals surface area contributed by atoms with Crippen LogP contribution in [0.3, 0.4) is 0 Å². The molecule has 9 heteroatoms. The Hall–Kier alpha value is -4.14. The highest BCUT2D eigenvalue weighted by molar-refractivity contribution is 5.99. The fourth-order valence-corrected chi connectivity index (χ4v) is 5.14. The zero-order valence-corrected chi connectivity index (χ0v) is 21.9. The minimum Gasteiger partial charge on any atom is -0.492 e. The molecule has 2 aromatic heterocycles. The van der Waals surface area contributed by atoms with Gasteiger partial charge in [-0.15, -0.1) is 0 Å². The van der Waals surface area contributed by atoms with Gasteiger partial charge in [0.05, 0.1) is 12.8 Å². The number of nitrogens with zero attached hydrogens (tertiary/aromatic N) is 7. The molecule has 1 N–H and O–H groups in total. The second-order valence-corrected chi connectivity index (χ2v) is 9.97. The molecule has 0 saturated carbocycles. The van der Waals surface area contributed by atoms with Crippen molar-refractivity contribution in [1.29, 1.82) is 0 Å². The predicted octanol–water partition coefficient (Wildman–Crippen LogP) is 4.86. The highest BCUT2D eigenvalue weighted by Crippen LogP contribution is 2.24. The van der Waals surface area contributed by atoms with Gasteiger partial charge in [0.1, 0.15) is 12.4 Å². The van der Waals surface area contributed by atoms with Crippen LogP contribution in [0.15, 0.2) is 59.8 Å². The van der Waals surface area contributed by atoms with E-state index in [9.17, 15) is 0 Å². The summed E-state index contributed by atoms with van der Waals surface area (Å²) >= 11 is 0. The van der Waals surface area contributed by atoms with Gasteiger partial charge in [0.15, 0.2) is 0 Å². The molecule has 0 amide bonds. The molecule has 0 spiro atoms. The van der Waals surface area contributed by atoms with Gasteiger partial charge in [0.2, 0.25) is 17.8 Å². The Morgan fingerprint density at radius 3 is 2.21 bits per heavy atom. The van der Waals surface area contributed by atoms with Crippen molar-refractivity contribution in [1.82, 2.24) is 19.5 Å². The number of ether oxygens (including phenoxy) is 1. The molecule has 2 saturated heterocycles. The van der Waals surface area contributed by atoms with Crippen LogP contribution in [0.5, 0.6) is 5.75 Å². The summed E-state index contributed by atoms with van der Waals surface area (Å²) in [5.41, 5.74) is 6.48. The van der Waals surface area contributed by atoms with Crippen molar-refractivity contribution in [2.24, 2.45) is 5.10 Å². The zero-order chi connectivity index (χ0) is 25.7. The first-order valence-electron chi connectivity index (χ1n) is 13.6. The number of hydrogen-bond acceptors (Lipinski definition) is 8. The molecule has 0 unspecified atom stereocenters. The molecule has 2 aliphatic rings. The highest BCUT2D eigenvalue weighted by Gasteiger charge is 2.21. The van der Waals surface area contributed by atoms with Crippen molar-refractivity contribution in [3.05, 3.63) is 65.9 Å². The minimum absolute atomic E-state index is 0.482. The number of benzene rings is 2. The van der Waals surface area contributed by atoms with E-state index in [4.69, 9.17) is 19.7 Å². The summed E-state index contributed by atoms with van der Waals surface area (Å²) in [6.07, 6.45) is 8.65. The lowest BCUT2D eigenvalue weighted by atomic mass is 10.2. The quantitative estimate of drug-likeness (QED) is 0.254. The number of aromatic nitrogens is 4. The van der Waals surface area contributed by atoms with Crippen LogP contribution in [0, 0.1) is 6.92 Å². The maximum absolute atomic E-state index is 5.97. The van der Waals surface area contributed by atoms with Crippen LogP contribution < -0.4 is 20.0 Å². The number of nitrogens with one attached hydrogen (secondary N) is 1. The van der Waals surface area contributed by atoms with E-state index in [2.05, 4.69) is 74.4 Å². The van der Waals surface area contributed by atoms with E-state index in [0.717, 1.165) is 66.8 Å². The van der Waals surface area contributed by atoms with Crippen molar-refractivity contribution in [2.45, 2.75) is 39.2 Å². The molecule has 4 heterocycles. The largest absolute Gasteiger partial charge is 0.492 e. The summed E-state index contributed by atoms with van der Waals surface area (Å²) < 4.78 is 8.18. The van der Waals surface area contributed by atoms with Crippen molar-refractivity contribution in [3.63, 3.8) is 0 Å². The zero-order valence-electron chi connectivity index (χ0n) is 21.9. The van der Waals surface area contributed by atoms with Crippen molar-refractivity contribution >= 4 is 35.0 Å². The third-order valence-corrected chi connectivity index (χ3v) is 7.20. The number of para-hydroxylation sites is 1. The van der Waals surface area contributed by atoms with E-state index >= 15 is 0 Å². The Labute approximate surface area is 223 Å². The molecule has 196 valence electrons. The van der Waals surface area contributed by atoms with Crippen molar-refractivity contribution < 1.29 is 4.74 Å². The summed E-state index contributed by atoms with van der Waals surface area (Å²) in [5, 5.41) is 5.68. The van der Waals surface area contributed by atoms with Crippen LogP contribution >= 0.6 is 0 Å². The molecule has 0 atom stereocenters. The van der Waals surface area contributed by atoms with Crippen molar-refractivity contribution in [2.75, 3.05) is 48.0 Å². The molecule has 2 aromatic carbocycles. The molecule has 0 radical (unpaired) electrons. The van der Waals surface area contributed by atoms with E-state index in [0.29, 0.717) is 12.6 Å². The summed E-state index contributed by atoms with van der Waals surface area (Å²) in [7, 11) is 0. The third-order valence-electron chi connectivity index (χ3n) is 7.20. The van der Waals surface area contributed by atoms with Gasteiger partial charge in [-0.25, -0.2) is 5.43 Å². The highest BCUT2D eigenvalue weighted by atomic mass is 16.5. The Bertz CT molecular complexity index is 1370. The summed E-state index contributed by atoms with van der Waals surface area (Å²) in [6.45, 7) is 7.34. The average molecular weight is 511 g/mol.